The van der Waals surface area contributed by atoms with Crippen LogP contribution in [0.1, 0.15) is 54.3 Å². The van der Waals surface area contributed by atoms with Crippen molar-refractivity contribution in [1.82, 2.24) is 5.32 Å². The lowest BCUT2D eigenvalue weighted by molar-refractivity contribution is -0.123. The van der Waals surface area contributed by atoms with Crippen molar-refractivity contribution in [1.29, 1.82) is 0 Å². The van der Waals surface area contributed by atoms with Crippen molar-refractivity contribution in [3.05, 3.63) is 89.3 Å². The third-order valence-corrected chi connectivity index (χ3v) is 5.85. The summed E-state index contributed by atoms with van der Waals surface area (Å²) < 4.78 is 5.39. The molecule has 0 spiro atoms. The van der Waals surface area contributed by atoms with Gasteiger partial charge in [-0.25, -0.2) is 0 Å². The van der Waals surface area contributed by atoms with E-state index < -0.39 is 11.9 Å². The number of benzene rings is 2. The van der Waals surface area contributed by atoms with E-state index in [2.05, 4.69) is 5.32 Å². The number of amides is 2. The van der Waals surface area contributed by atoms with Gasteiger partial charge >= 0.3 is 0 Å². The monoisotopic (exact) mass is 436 g/mol. The number of carbonyl (C=O) groups excluding carboxylic acids is 2. The highest BCUT2D eigenvalue weighted by molar-refractivity contribution is 6.31. The molecule has 2 amide bonds. The van der Waals surface area contributed by atoms with Gasteiger partial charge in [0.2, 0.25) is 5.91 Å². The van der Waals surface area contributed by atoms with Gasteiger partial charge < -0.3 is 9.73 Å². The number of nitrogens with one attached hydrogen (secondary N) is 1. The first-order chi connectivity index (χ1) is 15.1. The normalized spacial score (nSPS) is 15.3. The van der Waals surface area contributed by atoms with E-state index in [0.717, 1.165) is 31.2 Å². The molecular weight excluding hydrogens is 412 g/mol. The summed E-state index contributed by atoms with van der Waals surface area (Å²) in [6.07, 6.45) is 6.75. The first kappa shape index (κ1) is 21.2. The summed E-state index contributed by atoms with van der Waals surface area (Å²) in [5.41, 5.74) is 1.25. The Morgan fingerprint density at radius 1 is 0.968 bits per heavy atom. The Morgan fingerprint density at radius 3 is 2.42 bits per heavy atom. The lowest BCUT2D eigenvalue weighted by atomic mass is 9.94. The maximum Gasteiger partial charge on any atom is 0.294 e. The number of carbonyl (C=O) groups is 2. The highest BCUT2D eigenvalue weighted by Crippen LogP contribution is 2.32. The van der Waals surface area contributed by atoms with Crippen molar-refractivity contribution in [2.24, 2.45) is 0 Å². The molecular formula is C25H25ClN2O3. The first-order valence-corrected chi connectivity index (χ1v) is 11.0. The van der Waals surface area contributed by atoms with Gasteiger partial charge in [0.15, 0.2) is 5.76 Å². The van der Waals surface area contributed by atoms with Gasteiger partial charge in [0.05, 0.1) is 6.26 Å². The number of halogens is 1. The van der Waals surface area contributed by atoms with Crippen LogP contribution in [0.25, 0.3) is 0 Å². The zero-order valence-corrected chi connectivity index (χ0v) is 17.9. The number of anilines is 1. The van der Waals surface area contributed by atoms with Crippen LogP contribution in [0.15, 0.2) is 77.4 Å². The van der Waals surface area contributed by atoms with Gasteiger partial charge in [-0.05, 0) is 48.7 Å². The minimum Gasteiger partial charge on any atom is -0.459 e. The highest BCUT2D eigenvalue weighted by atomic mass is 35.5. The van der Waals surface area contributed by atoms with Gasteiger partial charge in [-0.2, -0.15) is 0 Å². The smallest absolute Gasteiger partial charge is 0.294 e. The van der Waals surface area contributed by atoms with E-state index in [1.54, 1.807) is 36.4 Å². The van der Waals surface area contributed by atoms with E-state index in [9.17, 15) is 9.59 Å². The van der Waals surface area contributed by atoms with Crippen LogP contribution in [0.4, 0.5) is 5.69 Å². The van der Waals surface area contributed by atoms with Crippen LogP contribution in [0.2, 0.25) is 5.02 Å². The number of hydrogen-bond acceptors (Lipinski definition) is 3. The molecule has 4 rings (SSSR count). The summed E-state index contributed by atoms with van der Waals surface area (Å²) in [6, 6.07) is 18.8. The molecule has 0 saturated heterocycles. The average molecular weight is 437 g/mol. The van der Waals surface area contributed by atoms with Crippen LogP contribution >= 0.6 is 11.6 Å². The maximum absolute atomic E-state index is 13.6. The predicted molar refractivity (Wildman–Crippen MR) is 121 cm³/mol. The molecule has 0 radical (unpaired) electrons. The fourth-order valence-corrected chi connectivity index (χ4v) is 4.29. The Morgan fingerprint density at radius 2 is 1.74 bits per heavy atom. The number of furan rings is 1. The summed E-state index contributed by atoms with van der Waals surface area (Å²) in [6.45, 7) is 0. The van der Waals surface area contributed by atoms with Crippen LogP contribution in [0.3, 0.4) is 0 Å². The first-order valence-electron chi connectivity index (χ1n) is 10.6. The minimum absolute atomic E-state index is 0.118. The molecule has 2 aromatic carbocycles. The van der Waals surface area contributed by atoms with Crippen molar-refractivity contribution in [3.63, 3.8) is 0 Å². The highest BCUT2D eigenvalue weighted by Gasteiger charge is 2.35. The molecule has 31 heavy (non-hydrogen) atoms. The number of hydrogen-bond donors (Lipinski definition) is 1. The predicted octanol–water partition coefficient (Wildman–Crippen LogP) is 5.77. The second-order valence-corrected chi connectivity index (χ2v) is 8.23. The summed E-state index contributed by atoms with van der Waals surface area (Å²) in [7, 11) is 0. The Balaban J connectivity index is 1.77. The van der Waals surface area contributed by atoms with Crippen molar-refractivity contribution >= 4 is 29.1 Å². The van der Waals surface area contributed by atoms with Crippen molar-refractivity contribution < 1.29 is 14.0 Å². The van der Waals surface area contributed by atoms with E-state index >= 15 is 0 Å². The molecule has 1 heterocycles. The van der Waals surface area contributed by atoms with Crippen LogP contribution in [0, 0.1) is 0 Å². The molecule has 1 aromatic heterocycles. The average Bonchev–Trinajstić information content (AvgIpc) is 3.33. The van der Waals surface area contributed by atoms with Gasteiger partial charge in [-0.15, -0.1) is 0 Å². The molecule has 5 nitrogen and oxygen atoms in total. The molecule has 1 atom stereocenters. The summed E-state index contributed by atoms with van der Waals surface area (Å²) in [5.74, 6) is -0.454. The zero-order chi connectivity index (χ0) is 21.6. The number of nitrogens with zero attached hydrogens (tertiary/aromatic N) is 1. The molecule has 160 valence electrons. The lowest BCUT2D eigenvalue weighted by Gasteiger charge is -2.33. The van der Waals surface area contributed by atoms with Crippen molar-refractivity contribution in [2.75, 3.05) is 4.90 Å². The second-order valence-electron chi connectivity index (χ2n) is 7.79. The Hall–Kier alpha value is -3.05. The third kappa shape index (κ3) is 5.00. The van der Waals surface area contributed by atoms with Crippen molar-refractivity contribution in [3.8, 4) is 0 Å². The molecule has 1 N–H and O–H groups in total. The van der Waals surface area contributed by atoms with Crippen LogP contribution in [-0.2, 0) is 4.79 Å². The van der Waals surface area contributed by atoms with E-state index in [1.165, 1.54) is 17.6 Å². The van der Waals surface area contributed by atoms with Crippen LogP contribution in [0.5, 0.6) is 0 Å². The van der Waals surface area contributed by atoms with Crippen molar-refractivity contribution in [2.45, 2.75) is 44.2 Å². The van der Waals surface area contributed by atoms with Gasteiger partial charge in [0.1, 0.15) is 6.04 Å². The summed E-state index contributed by atoms with van der Waals surface area (Å²) in [4.78, 5) is 28.6. The topological polar surface area (TPSA) is 62.6 Å². The van der Waals surface area contributed by atoms with Gasteiger partial charge in [-0.1, -0.05) is 67.3 Å². The molecule has 3 aromatic rings. The standard InChI is InChI=1S/C25H25ClN2O3/c26-19-11-7-14-21(17-19)28(25(30)22-15-8-16-31-22)23(18-9-3-1-4-10-18)24(29)27-20-12-5-2-6-13-20/h1,3-4,7-11,14-17,20,23H,2,5-6,12-13H2,(H,27,29). The van der Waals surface area contributed by atoms with E-state index in [4.69, 9.17) is 16.0 Å². The molecule has 1 aliphatic carbocycles. The van der Waals surface area contributed by atoms with Crippen LogP contribution in [-0.4, -0.2) is 17.9 Å². The molecule has 0 aliphatic heterocycles. The van der Waals surface area contributed by atoms with Gasteiger partial charge in [-0.3, -0.25) is 14.5 Å². The molecule has 1 unspecified atom stereocenters. The molecule has 0 bridgehead atoms. The zero-order valence-electron chi connectivity index (χ0n) is 17.2. The molecule has 1 saturated carbocycles. The van der Waals surface area contributed by atoms with E-state index in [-0.39, 0.29) is 17.7 Å². The van der Waals surface area contributed by atoms with Gasteiger partial charge in [0, 0.05) is 16.8 Å². The maximum atomic E-state index is 13.6. The minimum atomic E-state index is -0.862. The van der Waals surface area contributed by atoms with E-state index in [0.29, 0.717) is 10.7 Å². The fourth-order valence-electron chi connectivity index (χ4n) is 4.11. The molecule has 1 aliphatic rings. The Bertz CT molecular complexity index is 1010. The molecule has 1 fully saturated rings. The Labute approximate surface area is 187 Å². The molecule has 6 heteroatoms. The number of rotatable bonds is 6. The lowest BCUT2D eigenvalue weighted by Crippen LogP contribution is -2.47. The summed E-state index contributed by atoms with van der Waals surface area (Å²) >= 11 is 6.24. The van der Waals surface area contributed by atoms with Crippen LogP contribution < -0.4 is 10.2 Å². The Kier molecular flexibility index (Phi) is 6.73. The summed E-state index contributed by atoms with van der Waals surface area (Å²) in [5, 5.41) is 3.67. The third-order valence-electron chi connectivity index (χ3n) is 5.61. The fraction of sp³-hybridized carbons (Fsp3) is 0.280. The largest absolute Gasteiger partial charge is 0.459 e. The SMILES string of the molecule is O=C(NC1CCCCC1)C(c1ccccc1)N(C(=O)c1ccco1)c1cccc(Cl)c1. The van der Waals surface area contributed by atoms with Gasteiger partial charge in [0.25, 0.3) is 5.91 Å². The second kappa shape index (κ2) is 9.84. The van der Waals surface area contributed by atoms with E-state index in [1.807, 2.05) is 30.3 Å². The quantitative estimate of drug-likeness (QED) is 0.533.